The van der Waals surface area contributed by atoms with Crippen LogP contribution in [0, 0.1) is 5.92 Å². The fraction of sp³-hybridized carbons (Fsp3) is 0.720. The molecule has 186 valence electrons. The van der Waals surface area contributed by atoms with Crippen LogP contribution in [-0.4, -0.2) is 70.0 Å². The van der Waals surface area contributed by atoms with Gasteiger partial charge in [0.1, 0.15) is 11.5 Å². The summed E-state index contributed by atoms with van der Waals surface area (Å²) in [6.07, 6.45) is 8.61. The maximum Gasteiger partial charge on any atom is 0.191 e. The number of piperidine rings is 1. The Hall–Kier alpha value is -1.26. The lowest BCUT2D eigenvalue weighted by molar-refractivity contribution is 0.150. The molecular weight excluding hydrogens is 531 g/mol. The average molecular weight is 573 g/mol. The van der Waals surface area contributed by atoms with Crippen LogP contribution in [0.5, 0.6) is 11.5 Å². The fourth-order valence-electron chi connectivity index (χ4n) is 5.02. The summed E-state index contributed by atoms with van der Waals surface area (Å²) in [5, 5.41) is 7.12. The number of halogens is 1. The van der Waals surface area contributed by atoms with E-state index >= 15 is 0 Å². The molecule has 0 spiro atoms. The minimum absolute atomic E-state index is 0. The van der Waals surface area contributed by atoms with Crippen molar-refractivity contribution in [2.75, 3.05) is 47.0 Å². The molecule has 1 atom stereocenters. The van der Waals surface area contributed by atoms with E-state index in [9.17, 15) is 0 Å². The van der Waals surface area contributed by atoms with Gasteiger partial charge >= 0.3 is 0 Å². The Morgan fingerprint density at radius 3 is 2.61 bits per heavy atom. The lowest BCUT2D eigenvalue weighted by Crippen LogP contribution is -2.49. The van der Waals surface area contributed by atoms with E-state index in [4.69, 9.17) is 14.2 Å². The van der Waals surface area contributed by atoms with Gasteiger partial charge in [-0.05, 0) is 63.0 Å². The highest BCUT2D eigenvalue weighted by Crippen LogP contribution is 2.30. The minimum atomic E-state index is 0. The Labute approximate surface area is 216 Å². The van der Waals surface area contributed by atoms with Gasteiger partial charge in [-0.25, -0.2) is 0 Å². The van der Waals surface area contributed by atoms with Gasteiger partial charge < -0.3 is 29.7 Å². The predicted molar refractivity (Wildman–Crippen MR) is 143 cm³/mol. The van der Waals surface area contributed by atoms with Crippen LogP contribution in [0.15, 0.2) is 23.2 Å². The summed E-state index contributed by atoms with van der Waals surface area (Å²) >= 11 is 0. The van der Waals surface area contributed by atoms with Gasteiger partial charge in [0, 0.05) is 57.5 Å². The van der Waals surface area contributed by atoms with Crippen molar-refractivity contribution < 1.29 is 14.2 Å². The maximum atomic E-state index is 6.34. The number of methoxy groups -OCH3 is 1. The second-order valence-corrected chi connectivity index (χ2v) is 9.37. The molecule has 7 nitrogen and oxygen atoms in total. The number of nitrogens with zero attached hydrogens (tertiary/aromatic N) is 2. The summed E-state index contributed by atoms with van der Waals surface area (Å²) < 4.78 is 17.3. The number of aliphatic imine (C=N–C) groups is 1. The molecule has 33 heavy (non-hydrogen) atoms. The number of ether oxygens (including phenoxy) is 3. The summed E-state index contributed by atoms with van der Waals surface area (Å²) in [5.41, 5.74) is 1.13. The third kappa shape index (κ3) is 7.89. The number of hydrogen-bond acceptors (Lipinski definition) is 5. The monoisotopic (exact) mass is 572 g/mol. The Balaban J connectivity index is 0.00000306. The second kappa shape index (κ2) is 13.6. The van der Waals surface area contributed by atoms with Crippen molar-refractivity contribution in [1.29, 1.82) is 0 Å². The van der Waals surface area contributed by atoms with Crippen LogP contribution in [0.3, 0.4) is 0 Å². The first kappa shape index (κ1) is 26.3. The van der Waals surface area contributed by atoms with E-state index < -0.39 is 0 Å². The van der Waals surface area contributed by atoms with E-state index in [1.807, 2.05) is 19.2 Å². The van der Waals surface area contributed by atoms with Crippen LogP contribution < -0.4 is 20.1 Å². The molecule has 1 saturated carbocycles. The molecule has 1 unspecified atom stereocenters. The fourth-order valence-corrected chi connectivity index (χ4v) is 5.02. The lowest BCUT2D eigenvalue weighted by Gasteiger charge is -2.34. The largest absolute Gasteiger partial charge is 0.497 e. The van der Waals surface area contributed by atoms with E-state index in [1.54, 1.807) is 7.11 Å². The second-order valence-electron chi connectivity index (χ2n) is 9.37. The van der Waals surface area contributed by atoms with Crippen LogP contribution in [0.1, 0.15) is 50.5 Å². The predicted octanol–water partition coefficient (Wildman–Crippen LogP) is 3.80. The smallest absolute Gasteiger partial charge is 0.191 e. The van der Waals surface area contributed by atoms with Gasteiger partial charge in [-0.1, -0.05) is 0 Å². The molecule has 2 N–H and O–H groups in total. The average Bonchev–Trinajstić information content (AvgIpc) is 3.53. The van der Waals surface area contributed by atoms with Gasteiger partial charge in [-0.3, -0.25) is 4.99 Å². The van der Waals surface area contributed by atoms with Crippen molar-refractivity contribution in [2.45, 2.75) is 63.6 Å². The van der Waals surface area contributed by atoms with Gasteiger partial charge in [0.2, 0.25) is 0 Å². The van der Waals surface area contributed by atoms with Crippen molar-refractivity contribution in [1.82, 2.24) is 15.5 Å². The molecule has 1 aromatic rings. The van der Waals surface area contributed by atoms with Gasteiger partial charge in [0.15, 0.2) is 5.96 Å². The molecule has 4 rings (SSSR count). The highest BCUT2D eigenvalue weighted by molar-refractivity contribution is 14.0. The summed E-state index contributed by atoms with van der Waals surface area (Å²) in [6.45, 7) is 6.01. The molecule has 8 heteroatoms. The van der Waals surface area contributed by atoms with E-state index in [-0.39, 0.29) is 24.0 Å². The third-order valence-corrected chi connectivity index (χ3v) is 7.01. The normalized spacial score (nSPS) is 22.7. The highest BCUT2D eigenvalue weighted by atomic mass is 127. The molecule has 2 aliphatic heterocycles. The molecule has 0 amide bonds. The summed E-state index contributed by atoms with van der Waals surface area (Å²) in [7, 11) is 3.54. The Morgan fingerprint density at radius 1 is 1.15 bits per heavy atom. The molecule has 0 radical (unpaired) electrons. The molecule has 0 aromatic heterocycles. The molecule has 2 heterocycles. The maximum absolute atomic E-state index is 6.34. The number of likely N-dealkylation sites (tertiary alicyclic amines) is 1. The van der Waals surface area contributed by atoms with Crippen molar-refractivity contribution in [3.63, 3.8) is 0 Å². The van der Waals surface area contributed by atoms with Gasteiger partial charge in [-0.2, -0.15) is 0 Å². The van der Waals surface area contributed by atoms with Crippen molar-refractivity contribution in [3.05, 3.63) is 23.8 Å². The Morgan fingerprint density at radius 2 is 1.94 bits per heavy atom. The van der Waals surface area contributed by atoms with E-state index in [0.29, 0.717) is 18.7 Å². The number of nitrogens with one attached hydrogen (secondary N) is 2. The standard InChI is InChI=1S/C25H40N4O3.HI/c1-26-25(28-21-9-12-29(13-10-21)17-19-11-14-31-18-19)27-16-20-7-8-23(30-2)15-24(20)32-22-5-3-4-6-22;/h7-8,15,19,21-22H,3-6,9-14,16-18H2,1-2H3,(H2,26,27,28);1H. The van der Waals surface area contributed by atoms with E-state index in [0.717, 1.165) is 80.9 Å². The SMILES string of the molecule is CN=C(NCc1ccc(OC)cc1OC1CCCC1)NC1CCN(CC2CCOC2)CC1.I. The van der Waals surface area contributed by atoms with Crippen LogP contribution in [0.2, 0.25) is 0 Å². The first-order valence-corrected chi connectivity index (χ1v) is 12.3. The number of rotatable bonds is 8. The summed E-state index contributed by atoms with van der Waals surface area (Å²) in [6, 6.07) is 6.56. The van der Waals surface area contributed by atoms with Gasteiger partial charge in [0.25, 0.3) is 0 Å². The van der Waals surface area contributed by atoms with Crippen molar-refractivity contribution >= 4 is 29.9 Å². The van der Waals surface area contributed by atoms with Crippen LogP contribution in [0.4, 0.5) is 0 Å². The van der Waals surface area contributed by atoms with E-state index in [2.05, 4.69) is 26.6 Å². The molecule has 3 aliphatic rings. The molecule has 1 aromatic carbocycles. The van der Waals surface area contributed by atoms with Crippen LogP contribution >= 0.6 is 24.0 Å². The lowest BCUT2D eigenvalue weighted by atomic mass is 10.0. The number of hydrogen-bond donors (Lipinski definition) is 2. The number of guanidine groups is 1. The summed E-state index contributed by atoms with van der Waals surface area (Å²) in [5.74, 6) is 3.33. The van der Waals surface area contributed by atoms with Crippen molar-refractivity contribution in [2.24, 2.45) is 10.9 Å². The highest BCUT2D eigenvalue weighted by Gasteiger charge is 2.24. The first-order chi connectivity index (χ1) is 15.7. The van der Waals surface area contributed by atoms with E-state index in [1.165, 1.54) is 25.8 Å². The van der Waals surface area contributed by atoms with Crippen LogP contribution in [0.25, 0.3) is 0 Å². The van der Waals surface area contributed by atoms with Gasteiger partial charge in [0.05, 0.1) is 19.8 Å². The third-order valence-electron chi connectivity index (χ3n) is 7.01. The molecule has 0 bridgehead atoms. The zero-order chi connectivity index (χ0) is 22.2. The number of benzene rings is 1. The first-order valence-electron chi connectivity index (χ1n) is 12.3. The van der Waals surface area contributed by atoms with Crippen LogP contribution in [-0.2, 0) is 11.3 Å². The Bertz CT molecular complexity index is 743. The quantitative estimate of drug-likeness (QED) is 0.281. The Kier molecular flexibility index (Phi) is 10.8. The molecule has 2 saturated heterocycles. The zero-order valence-electron chi connectivity index (χ0n) is 20.2. The minimum Gasteiger partial charge on any atom is -0.497 e. The van der Waals surface area contributed by atoms with Gasteiger partial charge in [-0.15, -0.1) is 24.0 Å². The molecular formula is C25H41IN4O3. The molecule has 3 fully saturated rings. The summed E-state index contributed by atoms with van der Waals surface area (Å²) in [4.78, 5) is 7.06. The topological polar surface area (TPSA) is 67.4 Å². The molecule has 1 aliphatic carbocycles. The van der Waals surface area contributed by atoms with Crippen molar-refractivity contribution in [3.8, 4) is 11.5 Å². The zero-order valence-corrected chi connectivity index (χ0v) is 22.5.